The molecule has 0 aliphatic rings. The molecule has 84 valence electrons. The van der Waals surface area contributed by atoms with Crippen molar-refractivity contribution in [3.05, 3.63) is 6.07 Å². The van der Waals surface area contributed by atoms with Gasteiger partial charge >= 0.3 is 0 Å². The Morgan fingerprint density at radius 1 is 1.47 bits per heavy atom. The number of nitrogens with one attached hydrogen (secondary N) is 1. The first-order chi connectivity index (χ1) is 7.15. The summed E-state index contributed by atoms with van der Waals surface area (Å²) >= 11 is 0. The number of hydrogen-bond donors (Lipinski definition) is 4. The summed E-state index contributed by atoms with van der Waals surface area (Å²) in [6, 6.07) is 1.79. The zero-order valence-corrected chi connectivity index (χ0v) is 8.77. The Balaban J connectivity index is 2.69. The van der Waals surface area contributed by atoms with E-state index in [1.54, 1.807) is 6.07 Å². The van der Waals surface area contributed by atoms with Crippen LogP contribution in [0.2, 0.25) is 0 Å². The van der Waals surface area contributed by atoms with E-state index in [-0.39, 0.29) is 18.6 Å². The Bertz CT molecular complexity index is 297. The molecule has 0 saturated carbocycles. The van der Waals surface area contributed by atoms with Gasteiger partial charge in [-0.25, -0.2) is 0 Å². The smallest absolute Gasteiger partial charge is 0.223 e. The van der Waals surface area contributed by atoms with Gasteiger partial charge in [0.05, 0.1) is 0 Å². The number of hydrogen-bond acceptors (Lipinski definition) is 6. The molecule has 6 heteroatoms. The molecule has 1 unspecified atom stereocenters. The van der Waals surface area contributed by atoms with Crippen LogP contribution < -0.4 is 16.8 Å². The van der Waals surface area contributed by atoms with Gasteiger partial charge in [0, 0.05) is 18.7 Å². The highest BCUT2D eigenvalue weighted by Gasteiger charge is 2.07. The minimum Gasteiger partial charge on any atom is -0.396 e. The van der Waals surface area contributed by atoms with E-state index in [9.17, 15) is 0 Å². The number of anilines is 3. The molecule has 0 bridgehead atoms. The van der Waals surface area contributed by atoms with Gasteiger partial charge < -0.3 is 21.9 Å². The fraction of sp³-hybridized carbons (Fsp3) is 0.556. The largest absolute Gasteiger partial charge is 0.396 e. The third-order valence-corrected chi connectivity index (χ3v) is 2.09. The quantitative estimate of drug-likeness (QED) is 0.554. The van der Waals surface area contributed by atoms with Crippen LogP contribution in [0.3, 0.4) is 0 Å². The summed E-state index contributed by atoms with van der Waals surface area (Å²) in [5, 5.41) is 12.0. The van der Waals surface area contributed by atoms with Crippen LogP contribution in [-0.4, -0.2) is 27.7 Å². The highest BCUT2D eigenvalue weighted by Crippen LogP contribution is 2.12. The molecular weight excluding hydrogens is 194 g/mol. The van der Waals surface area contributed by atoms with Crippen molar-refractivity contribution in [2.24, 2.45) is 0 Å². The van der Waals surface area contributed by atoms with Gasteiger partial charge in [-0.05, 0) is 12.8 Å². The van der Waals surface area contributed by atoms with Gasteiger partial charge in [-0.2, -0.15) is 9.97 Å². The number of aliphatic hydroxyl groups is 1. The van der Waals surface area contributed by atoms with E-state index in [4.69, 9.17) is 16.6 Å². The van der Waals surface area contributed by atoms with Crippen molar-refractivity contribution in [2.75, 3.05) is 23.4 Å². The minimum absolute atomic E-state index is 0.140. The van der Waals surface area contributed by atoms with Crippen LogP contribution in [0.25, 0.3) is 0 Å². The molecule has 15 heavy (non-hydrogen) atoms. The van der Waals surface area contributed by atoms with Gasteiger partial charge in [0.25, 0.3) is 0 Å². The Labute approximate surface area is 88.7 Å². The van der Waals surface area contributed by atoms with Gasteiger partial charge in [-0.15, -0.1) is 0 Å². The Hall–Kier alpha value is -1.56. The second-order valence-corrected chi connectivity index (χ2v) is 3.30. The third kappa shape index (κ3) is 3.59. The highest BCUT2D eigenvalue weighted by atomic mass is 16.3. The lowest BCUT2D eigenvalue weighted by Gasteiger charge is -2.16. The van der Waals surface area contributed by atoms with Crippen LogP contribution in [0.1, 0.15) is 19.8 Å². The van der Waals surface area contributed by atoms with E-state index in [1.807, 2.05) is 6.92 Å². The summed E-state index contributed by atoms with van der Waals surface area (Å²) in [6.07, 6.45) is 1.56. The summed E-state index contributed by atoms with van der Waals surface area (Å²) in [7, 11) is 0. The molecule has 0 spiro atoms. The van der Waals surface area contributed by atoms with Crippen molar-refractivity contribution in [2.45, 2.75) is 25.8 Å². The van der Waals surface area contributed by atoms with E-state index in [0.29, 0.717) is 18.1 Å². The minimum atomic E-state index is 0.140. The first-order valence-corrected chi connectivity index (χ1v) is 4.93. The lowest BCUT2D eigenvalue weighted by atomic mass is 10.1. The molecule has 6 N–H and O–H groups in total. The van der Waals surface area contributed by atoms with Crippen LogP contribution in [-0.2, 0) is 0 Å². The summed E-state index contributed by atoms with van der Waals surface area (Å²) in [4.78, 5) is 7.77. The molecule has 1 aromatic heterocycles. The normalized spacial score (nSPS) is 12.4. The number of nitrogens with zero attached hydrogens (tertiary/aromatic N) is 2. The zero-order valence-electron chi connectivity index (χ0n) is 8.77. The number of nitrogens with two attached hydrogens (primary N) is 2. The van der Waals surface area contributed by atoms with Gasteiger partial charge in [0.1, 0.15) is 11.6 Å². The number of aromatic nitrogens is 2. The first-order valence-electron chi connectivity index (χ1n) is 4.93. The summed E-state index contributed by atoms with van der Waals surface area (Å²) in [6.45, 7) is 2.17. The molecule has 0 aliphatic heterocycles. The highest BCUT2D eigenvalue weighted by molar-refractivity contribution is 5.48. The molecule has 6 nitrogen and oxygen atoms in total. The van der Waals surface area contributed by atoms with Crippen LogP contribution in [0.15, 0.2) is 6.07 Å². The molecule has 0 fully saturated rings. The molecule has 1 atom stereocenters. The molecule has 0 aromatic carbocycles. The maximum atomic E-state index is 8.83. The average molecular weight is 211 g/mol. The molecule has 0 amide bonds. The second-order valence-electron chi connectivity index (χ2n) is 3.30. The zero-order chi connectivity index (χ0) is 11.3. The van der Waals surface area contributed by atoms with E-state index in [2.05, 4.69) is 15.3 Å². The lowest BCUT2D eigenvalue weighted by molar-refractivity contribution is 0.278. The van der Waals surface area contributed by atoms with E-state index < -0.39 is 0 Å². The number of rotatable bonds is 5. The molecule has 0 radical (unpaired) electrons. The summed E-state index contributed by atoms with van der Waals surface area (Å²) in [5.41, 5.74) is 11.0. The molecule has 1 aromatic rings. The Morgan fingerprint density at radius 2 is 2.20 bits per heavy atom. The number of aliphatic hydroxyl groups excluding tert-OH is 1. The molecule has 0 saturated heterocycles. The SMILES string of the molecule is CCC(CCO)Nc1cc(N)nc(N)n1. The van der Waals surface area contributed by atoms with E-state index >= 15 is 0 Å². The topological polar surface area (TPSA) is 110 Å². The molecular formula is C9H17N5O. The van der Waals surface area contributed by atoms with Gasteiger partial charge in [-0.1, -0.05) is 6.92 Å². The van der Waals surface area contributed by atoms with Gasteiger partial charge in [-0.3, -0.25) is 0 Å². The number of nitrogen functional groups attached to an aromatic ring is 2. The van der Waals surface area contributed by atoms with E-state index in [1.165, 1.54) is 0 Å². The molecule has 1 heterocycles. The summed E-state index contributed by atoms with van der Waals surface area (Å²) in [5.74, 6) is 1.08. The lowest BCUT2D eigenvalue weighted by Crippen LogP contribution is -2.21. The fourth-order valence-electron chi connectivity index (χ4n) is 1.30. The van der Waals surface area contributed by atoms with Gasteiger partial charge in [0.15, 0.2) is 0 Å². The van der Waals surface area contributed by atoms with Crippen molar-refractivity contribution in [3.8, 4) is 0 Å². The maximum Gasteiger partial charge on any atom is 0.223 e. The Kier molecular flexibility index (Phi) is 4.11. The van der Waals surface area contributed by atoms with Gasteiger partial charge in [0.2, 0.25) is 5.95 Å². The standard InChI is InChI=1S/C9H17N5O/c1-2-6(3-4-15)12-8-5-7(10)13-9(11)14-8/h5-6,15H,2-4H2,1H3,(H5,10,11,12,13,14). The van der Waals surface area contributed by atoms with Crippen molar-refractivity contribution in [1.82, 2.24) is 9.97 Å². The van der Waals surface area contributed by atoms with Crippen LogP contribution >= 0.6 is 0 Å². The van der Waals surface area contributed by atoms with Crippen LogP contribution in [0, 0.1) is 0 Å². The van der Waals surface area contributed by atoms with E-state index in [0.717, 1.165) is 6.42 Å². The van der Waals surface area contributed by atoms with Crippen molar-refractivity contribution >= 4 is 17.6 Å². The monoisotopic (exact) mass is 211 g/mol. The van der Waals surface area contributed by atoms with Crippen molar-refractivity contribution in [1.29, 1.82) is 0 Å². The fourth-order valence-corrected chi connectivity index (χ4v) is 1.30. The third-order valence-electron chi connectivity index (χ3n) is 2.09. The predicted molar refractivity (Wildman–Crippen MR) is 60.3 cm³/mol. The average Bonchev–Trinajstić information content (AvgIpc) is 2.15. The van der Waals surface area contributed by atoms with Crippen molar-refractivity contribution in [3.63, 3.8) is 0 Å². The predicted octanol–water partition coefficient (Wildman–Crippen LogP) is 0.214. The molecule has 0 aliphatic carbocycles. The van der Waals surface area contributed by atoms with Crippen LogP contribution in [0.5, 0.6) is 0 Å². The second kappa shape index (κ2) is 5.35. The van der Waals surface area contributed by atoms with Crippen molar-refractivity contribution < 1.29 is 5.11 Å². The van der Waals surface area contributed by atoms with Crippen LogP contribution in [0.4, 0.5) is 17.6 Å². The molecule has 1 rings (SSSR count). The first kappa shape index (κ1) is 11.5. The maximum absolute atomic E-state index is 8.83. The summed E-state index contributed by atoms with van der Waals surface area (Å²) < 4.78 is 0. The Morgan fingerprint density at radius 3 is 2.73 bits per heavy atom.